The minimum absolute atomic E-state index is 0.126. The van der Waals surface area contributed by atoms with Crippen LogP contribution in [0.1, 0.15) is 41.2 Å². The first kappa shape index (κ1) is 19.1. The lowest BCUT2D eigenvalue weighted by Crippen LogP contribution is -2.42. The van der Waals surface area contributed by atoms with Crippen LogP contribution >= 0.6 is 0 Å². The number of amides is 2. The highest BCUT2D eigenvalue weighted by atomic mass is 16.5. The fraction of sp³-hybridized carbons (Fsp3) is 0.304. The van der Waals surface area contributed by atoms with E-state index in [1.165, 1.54) is 25.5 Å². The standard InChI is InChI=1S/C23H25N3O3/c1-29-20-8-4-3-7-18(20)21-19(15-24-23(28)25-21)22(27)16-9-11-17(12-10-16)26-13-5-2-6-14-26/h3-4,7-12,15,21H,2,5-6,13-14H2,1H3,(H2,24,25,28). The summed E-state index contributed by atoms with van der Waals surface area (Å²) in [4.78, 5) is 27.6. The molecule has 2 aliphatic rings. The molecule has 4 rings (SSSR count). The fourth-order valence-electron chi connectivity index (χ4n) is 3.97. The third kappa shape index (κ3) is 3.97. The molecular formula is C23H25N3O3. The highest BCUT2D eigenvalue weighted by Gasteiger charge is 2.30. The molecule has 150 valence electrons. The van der Waals surface area contributed by atoms with Gasteiger partial charge in [0.2, 0.25) is 0 Å². The molecule has 0 saturated carbocycles. The van der Waals surface area contributed by atoms with E-state index in [4.69, 9.17) is 4.74 Å². The Bertz CT molecular complexity index is 931. The van der Waals surface area contributed by atoms with E-state index in [0.717, 1.165) is 24.3 Å². The smallest absolute Gasteiger partial charge is 0.319 e. The summed E-state index contributed by atoms with van der Waals surface area (Å²) in [5.41, 5.74) is 2.95. The van der Waals surface area contributed by atoms with Crippen molar-refractivity contribution in [3.63, 3.8) is 0 Å². The van der Waals surface area contributed by atoms with Crippen molar-refractivity contribution in [1.82, 2.24) is 10.6 Å². The van der Waals surface area contributed by atoms with Gasteiger partial charge in [0.1, 0.15) is 5.75 Å². The Morgan fingerprint density at radius 2 is 1.76 bits per heavy atom. The van der Waals surface area contributed by atoms with Crippen LogP contribution in [0.15, 0.2) is 60.3 Å². The second-order valence-corrected chi connectivity index (χ2v) is 7.32. The predicted molar refractivity (Wildman–Crippen MR) is 112 cm³/mol. The van der Waals surface area contributed by atoms with Gasteiger partial charge in [-0.25, -0.2) is 4.79 Å². The summed E-state index contributed by atoms with van der Waals surface area (Å²) >= 11 is 0. The van der Waals surface area contributed by atoms with Crippen LogP contribution in [0.3, 0.4) is 0 Å². The number of nitrogens with one attached hydrogen (secondary N) is 2. The highest BCUT2D eigenvalue weighted by molar-refractivity contribution is 6.10. The van der Waals surface area contributed by atoms with Crippen molar-refractivity contribution in [1.29, 1.82) is 0 Å². The van der Waals surface area contributed by atoms with E-state index in [-0.39, 0.29) is 11.8 Å². The summed E-state index contributed by atoms with van der Waals surface area (Å²) in [5.74, 6) is 0.498. The Morgan fingerprint density at radius 1 is 1.03 bits per heavy atom. The zero-order valence-corrected chi connectivity index (χ0v) is 16.5. The van der Waals surface area contributed by atoms with Crippen LogP contribution < -0.4 is 20.3 Å². The molecule has 0 aliphatic carbocycles. The van der Waals surface area contributed by atoms with Gasteiger partial charge in [0.05, 0.1) is 13.2 Å². The molecule has 1 atom stereocenters. The number of anilines is 1. The summed E-state index contributed by atoms with van der Waals surface area (Å²) in [6, 6.07) is 14.2. The number of rotatable bonds is 5. The summed E-state index contributed by atoms with van der Waals surface area (Å²) in [5, 5.41) is 5.44. The number of hydrogen-bond acceptors (Lipinski definition) is 4. The molecule has 2 aromatic carbocycles. The number of ketones is 1. The lowest BCUT2D eigenvalue weighted by Gasteiger charge is -2.29. The van der Waals surface area contributed by atoms with Gasteiger partial charge in [0.25, 0.3) is 0 Å². The minimum Gasteiger partial charge on any atom is -0.496 e. The first-order valence-corrected chi connectivity index (χ1v) is 9.97. The van der Waals surface area contributed by atoms with Crippen molar-refractivity contribution in [2.45, 2.75) is 25.3 Å². The maximum Gasteiger partial charge on any atom is 0.319 e. The number of hydrogen-bond donors (Lipinski definition) is 2. The number of Topliss-reactive ketones (excluding diaryl/α,β-unsaturated/α-hetero) is 1. The van der Waals surface area contributed by atoms with E-state index in [1.54, 1.807) is 7.11 Å². The number of ether oxygens (including phenoxy) is 1. The maximum atomic E-state index is 13.3. The van der Waals surface area contributed by atoms with Crippen LogP contribution in [0.25, 0.3) is 0 Å². The van der Waals surface area contributed by atoms with Gasteiger partial charge >= 0.3 is 6.03 Å². The van der Waals surface area contributed by atoms with Crippen molar-refractivity contribution in [2.24, 2.45) is 0 Å². The SMILES string of the molecule is COc1ccccc1C1NC(=O)NC=C1C(=O)c1ccc(N2CCCCC2)cc1. The molecule has 0 radical (unpaired) electrons. The summed E-state index contributed by atoms with van der Waals surface area (Å²) in [7, 11) is 1.58. The number of urea groups is 1. The third-order valence-corrected chi connectivity index (χ3v) is 5.51. The Balaban J connectivity index is 1.61. The van der Waals surface area contributed by atoms with Gasteiger partial charge in [0.15, 0.2) is 5.78 Å². The second-order valence-electron chi connectivity index (χ2n) is 7.32. The molecule has 1 unspecified atom stereocenters. The first-order valence-electron chi connectivity index (χ1n) is 9.97. The average molecular weight is 391 g/mol. The molecule has 2 amide bonds. The quantitative estimate of drug-likeness (QED) is 0.761. The van der Waals surface area contributed by atoms with Crippen molar-refractivity contribution < 1.29 is 14.3 Å². The van der Waals surface area contributed by atoms with E-state index in [2.05, 4.69) is 15.5 Å². The zero-order valence-electron chi connectivity index (χ0n) is 16.5. The van der Waals surface area contributed by atoms with Crippen LogP contribution in [-0.2, 0) is 0 Å². The van der Waals surface area contributed by atoms with Gasteiger partial charge in [-0.2, -0.15) is 0 Å². The number of nitrogens with zero attached hydrogens (tertiary/aromatic N) is 1. The largest absolute Gasteiger partial charge is 0.496 e. The van der Waals surface area contributed by atoms with Crippen molar-refractivity contribution in [3.05, 3.63) is 71.4 Å². The summed E-state index contributed by atoms with van der Waals surface area (Å²) in [6.07, 6.45) is 5.19. The molecule has 0 aromatic heterocycles. The van der Waals surface area contributed by atoms with E-state index in [1.807, 2.05) is 48.5 Å². The first-order chi connectivity index (χ1) is 14.2. The van der Waals surface area contributed by atoms with Gasteiger partial charge in [0, 0.05) is 41.7 Å². The molecule has 6 heteroatoms. The number of para-hydroxylation sites is 1. The molecule has 1 saturated heterocycles. The van der Waals surface area contributed by atoms with E-state index in [9.17, 15) is 9.59 Å². The molecule has 29 heavy (non-hydrogen) atoms. The van der Waals surface area contributed by atoms with Gasteiger partial charge < -0.3 is 20.3 Å². The molecule has 0 bridgehead atoms. The predicted octanol–water partition coefficient (Wildman–Crippen LogP) is 3.81. The zero-order chi connectivity index (χ0) is 20.2. The molecule has 0 spiro atoms. The Hall–Kier alpha value is -3.28. The molecule has 2 aromatic rings. The summed E-state index contributed by atoms with van der Waals surface area (Å²) in [6.45, 7) is 2.12. The lowest BCUT2D eigenvalue weighted by atomic mass is 9.91. The van der Waals surface area contributed by atoms with Crippen LogP contribution in [-0.4, -0.2) is 32.0 Å². The number of methoxy groups -OCH3 is 1. The van der Waals surface area contributed by atoms with E-state index >= 15 is 0 Å². The highest BCUT2D eigenvalue weighted by Crippen LogP contribution is 2.33. The minimum atomic E-state index is -0.575. The van der Waals surface area contributed by atoms with Crippen molar-refractivity contribution in [2.75, 3.05) is 25.1 Å². The normalized spacial score (nSPS) is 19.1. The second kappa shape index (κ2) is 8.39. The van der Waals surface area contributed by atoms with Crippen LogP contribution in [0, 0.1) is 0 Å². The van der Waals surface area contributed by atoms with Crippen LogP contribution in [0.2, 0.25) is 0 Å². The number of carbonyl (C=O) groups excluding carboxylic acids is 2. The molecule has 1 fully saturated rings. The summed E-state index contributed by atoms with van der Waals surface area (Å²) < 4.78 is 5.43. The lowest BCUT2D eigenvalue weighted by molar-refractivity contribution is 0.102. The van der Waals surface area contributed by atoms with Crippen molar-refractivity contribution in [3.8, 4) is 5.75 Å². The molecular weight excluding hydrogens is 366 g/mol. The number of benzene rings is 2. The van der Waals surface area contributed by atoms with E-state index in [0.29, 0.717) is 16.9 Å². The topological polar surface area (TPSA) is 70.7 Å². The van der Waals surface area contributed by atoms with Gasteiger partial charge in [-0.3, -0.25) is 4.79 Å². The molecule has 6 nitrogen and oxygen atoms in total. The molecule has 2 N–H and O–H groups in total. The van der Waals surface area contributed by atoms with Crippen LogP contribution in [0.5, 0.6) is 5.75 Å². The Morgan fingerprint density at radius 3 is 2.48 bits per heavy atom. The average Bonchev–Trinajstić information content (AvgIpc) is 2.79. The number of carbonyl (C=O) groups is 2. The van der Waals surface area contributed by atoms with Gasteiger partial charge in [-0.05, 0) is 49.6 Å². The maximum absolute atomic E-state index is 13.3. The van der Waals surface area contributed by atoms with Crippen LogP contribution in [0.4, 0.5) is 10.5 Å². The van der Waals surface area contributed by atoms with Crippen molar-refractivity contribution >= 4 is 17.5 Å². The Kier molecular flexibility index (Phi) is 5.51. The third-order valence-electron chi connectivity index (χ3n) is 5.51. The van der Waals surface area contributed by atoms with Gasteiger partial charge in [-0.1, -0.05) is 18.2 Å². The van der Waals surface area contributed by atoms with Gasteiger partial charge in [-0.15, -0.1) is 0 Å². The molecule has 2 heterocycles. The van der Waals surface area contributed by atoms with E-state index < -0.39 is 6.04 Å². The fourth-order valence-corrected chi connectivity index (χ4v) is 3.97. The Labute approximate surface area is 170 Å². The molecule has 2 aliphatic heterocycles. The number of piperidine rings is 1. The monoisotopic (exact) mass is 391 g/mol.